The molecule has 0 aliphatic carbocycles. The fraction of sp³-hybridized carbons (Fsp3) is 0.333. The van der Waals surface area contributed by atoms with E-state index in [1.54, 1.807) is 17.6 Å². The smallest absolute Gasteiger partial charge is 0.244 e. The number of nitrogens with one attached hydrogen (secondary N) is 1. The van der Waals surface area contributed by atoms with Gasteiger partial charge in [0.25, 0.3) is 0 Å². The van der Waals surface area contributed by atoms with E-state index in [-0.39, 0.29) is 10.8 Å². The van der Waals surface area contributed by atoms with Crippen LogP contribution in [0.1, 0.15) is 6.42 Å². The lowest BCUT2D eigenvalue weighted by Gasteiger charge is -2.38. The molecular weight excluding hydrogens is 366 g/mol. The second-order valence-corrected chi connectivity index (χ2v) is 8.34. The number of fused-ring (bicyclic) bond motifs is 1. The molecule has 0 bridgehead atoms. The molecule has 2 aliphatic heterocycles. The van der Waals surface area contributed by atoms with Crippen molar-refractivity contribution in [2.75, 3.05) is 25.1 Å². The Morgan fingerprint density at radius 3 is 2.76 bits per heavy atom. The number of amides is 1. The van der Waals surface area contributed by atoms with E-state index in [9.17, 15) is 13.2 Å². The lowest BCUT2D eigenvalue weighted by atomic mass is 10.1. The highest BCUT2D eigenvalue weighted by Crippen LogP contribution is 2.35. The normalized spacial score (nSPS) is 19.9. The van der Waals surface area contributed by atoms with E-state index >= 15 is 0 Å². The van der Waals surface area contributed by atoms with E-state index in [4.69, 9.17) is 9.47 Å². The third kappa shape index (κ3) is 2.96. The van der Waals surface area contributed by atoms with E-state index in [0.29, 0.717) is 42.8 Å². The minimum Gasteiger partial charge on any atom is -0.486 e. The highest BCUT2D eigenvalue weighted by atomic mass is 32.2. The van der Waals surface area contributed by atoms with Crippen LogP contribution >= 0.6 is 11.3 Å². The van der Waals surface area contributed by atoms with E-state index in [1.807, 2.05) is 0 Å². The number of hydrogen-bond donors (Lipinski definition) is 1. The van der Waals surface area contributed by atoms with Crippen LogP contribution < -0.4 is 14.8 Å². The van der Waals surface area contributed by atoms with Crippen molar-refractivity contribution < 1.29 is 22.7 Å². The van der Waals surface area contributed by atoms with Crippen LogP contribution in [0.4, 0.5) is 5.13 Å². The summed E-state index contributed by atoms with van der Waals surface area (Å²) in [5.74, 6) is 0.547. The molecule has 0 radical (unpaired) electrons. The highest BCUT2D eigenvalue weighted by molar-refractivity contribution is 7.89. The molecule has 1 aromatic carbocycles. The number of ether oxygens (including phenoxy) is 2. The fourth-order valence-corrected chi connectivity index (χ4v) is 4.89. The topological polar surface area (TPSA) is 97.8 Å². The van der Waals surface area contributed by atoms with Gasteiger partial charge in [0.2, 0.25) is 15.9 Å². The number of hydrogen-bond acceptors (Lipinski definition) is 7. The van der Waals surface area contributed by atoms with Gasteiger partial charge in [0, 0.05) is 24.2 Å². The maximum Gasteiger partial charge on any atom is 0.244 e. The predicted octanol–water partition coefficient (Wildman–Crippen LogP) is 1.32. The van der Waals surface area contributed by atoms with Gasteiger partial charge in [0.05, 0.1) is 4.90 Å². The Hall–Kier alpha value is -2.17. The van der Waals surface area contributed by atoms with Crippen molar-refractivity contribution >= 4 is 32.4 Å². The van der Waals surface area contributed by atoms with Crippen molar-refractivity contribution in [3.63, 3.8) is 0 Å². The molecule has 1 aromatic heterocycles. The van der Waals surface area contributed by atoms with Gasteiger partial charge in [-0.1, -0.05) is 0 Å². The molecule has 8 nitrogen and oxygen atoms in total. The Bertz CT molecular complexity index is 898. The molecule has 0 unspecified atom stereocenters. The Labute approximate surface area is 148 Å². The number of carbonyl (C=O) groups is 1. The Morgan fingerprint density at radius 1 is 1.28 bits per heavy atom. The first-order valence-corrected chi connectivity index (χ1v) is 9.99. The molecule has 2 aliphatic rings. The van der Waals surface area contributed by atoms with Crippen LogP contribution in [0.2, 0.25) is 0 Å². The number of thiazole rings is 1. The van der Waals surface area contributed by atoms with Gasteiger partial charge in [-0.3, -0.25) is 4.79 Å². The summed E-state index contributed by atoms with van der Waals surface area (Å²) in [4.78, 5) is 16.4. The van der Waals surface area contributed by atoms with Crippen LogP contribution in [0.3, 0.4) is 0 Å². The molecule has 0 saturated carbocycles. The van der Waals surface area contributed by atoms with E-state index in [1.165, 1.54) is 27.8 Å². The Balaban J connectivity index is 1.55. The SMILES string of the molecule is O=C(Nc1nccs1)[C@@H]1CCN1S(=O)(=O)c1ccc2c(c1)OCCO2. The van der Waals surface area contributed by atoms with E-state index < -0.39 is 16.1 Å². The molecule has 1 amide bonds. The number of anilines is 1. The Kier molecular flexibility index (Phi) is 4.10. The maximum atomic E-state index is 12.9. The lowest BCUT2D eigenvalue weighted by molar-refractivity contribution is -0.122. The first kappa shape index (κ1) is 16.3. The van der Waals surface area contributed by atoms with Crippen LogP contribution in [0.25, 0.3) is 0 Å². The molecule has 0 spiro atoms. The molecule has 3 heterocycles. The molecule has 1 N–H and O–H groups in total. The number of benzene rings is 1. The van der Waals surface area contributed by atoms with Gasteiger partial charge < -0.3 is 14.8 Å². The number of carbonyl (C=O) groups excluding carboxylic acids is 1. The molecule has 1 fully saturated rings. The number of sulfonamides is 1. The Morgan fingerprint density at radius 2 is 2.08 bits per heavy atom. The maximum absolute atomic E-state index is 12.9. The van der Waals surface area contributed by atoms with Crippen molar-refractivity contribution in [1.29, 1.82) is 0 Å². The van der Waals surface area contributed by atoms with Gasteiger partial charge in [0.1, 0.15) is 19.3 Å². The number of aromatic nitrogens is 1. The lowest BCUT2D eigenvalue weighted by Crippen LogP contribution is -2.56. The zero-order chi connectivity index (χ0) is 17.4. The summed E-state index contributed by atoms with van der Waals surface area (Å²) in [5.41, 5.74) is 0. The third-order valence-electron chi connectivity index (χ3n) is 4.06. The van der Waals surface area contributed by atoms with Crippen molar-refractivity contribution in [2.45, 2.75) is 17.4 Å². The standard InChI is InChI=1S/C15H15N3O5S2/c19-14(17-15-16-4-8-24-15)11-3-5-18(11)25(20,21)10-1-2-12-13(9-10)23-7-6-22-12/h1-2,4,8-9,11H,3,5-7H2,(H,16,17,19)/t11-/m0/s1. The zero-order valence-electron chi connectivity index (χ0n) is 13.0. The second kappa shape index (κ2) is 6.28. The average Bonchev–Trinajstić information content (AvgIpc) is 3.05. The summed E-state index contributed by atoms with van der Waals surface area (Å²) in [7, 11) is -3.79. The van der Waals surface area contributed by atoms with Crippen molar-refractivity contribution in [2.24, 2.45) is 0 Å². The summed E-state index contributed by atoms with van der Waals surface area (Å²) in [6.07, 6.45) is 2.05. The molecule has 132 valence electrons. The summed E-state index contributed by atoms with van der Waals surface area (Å²) >= 11 is 1.28. The quantitative estimate of drug-likeness (QED) is 0.858. The summed E-state index contributed by atoms with van der Waals surface area (Å²) < 4.78 is 37.8. The largest absolute Gasteiger partial charge is 0.486 e. The van der Waals surface area contributed by atoms with Gasteiger partial charge in [-0.05, 0) is 18.6 Å². The fourth-order valence-electron chi connectivity index (χ4n) is 2.71. The van der Waals surface area contributed by atoms with Crippen LogP contribution in [0.5, 0.6) is 11.5 Å². The van der Waals surface area contributed by atoms with Crippen molar-refractivity contribution in [3.8, 4) is 11.5 Å². The summed E-state index contributed by atoms with van der Waals surface area (Å²) in [5, 5.41) is 4.83. The molecule has 25 heavy (non-hydrogen) atoms. The molecular formula is C15H15N3O5S2. The minimum absolute atomic E-state index is 0.0866. The van der Waals surface area contributed by atoms with Gasteiger partial charge in [-0.2, -0.15) is 4.31 Å². The van der Waals surface area contributed by atoms with Gasteiger partial charge in [0.15, 0.2) is 16.6 Å². The first-order chi connectivity index (χ1) is 12.1. The molecule has 2 aromatic rings. The average molecular weight is 381 g/mol. The van der Waals surface area contributed by atoms with Gasteiger partial charge in [-0.15, -0.1) is 11.3 Å². The van der Waals surface area contributed by atoms with Crippen LogP contribution in [0.15, 0.2) is 34.7 Å². The molecule has 4 rings (SSSR count). The van der Waals surface area contributed by atoms with Crippen LogP contribution in [-0.2, 0) is 14.8 Å². The second-order valence-electron chi connectivity index (χ2n) is 5.55. The minimum atomic E-state index is -3.79. The van der Waals surface area contributed by atoms with Gasteiger partial charge in [-0.25, -0.2) is 13.4 Å². The van der Waals surface area contributed by atoms with Crippen LogP contribution in [-0.4, -0.2) is 49.4 Å². The summed E-state index contributed by atoms with van der Waals surface area (Å²) in [6, 6.07) is 3.75. The monoisotopic (exact) mass is 381 g/mol. The van der Waals surface area contributed by atoms with Crippen molar-refractivity contribution in [3.05, 3.63) is 29.8 Å². The van der Waals surface area contributed by atoms with Gasteiger partial charge >= 0.3 is 0 Å². The number of nitrogens with zero attached hydrogens (tertiary/aromatic N) is 2. The van der Waals surface area contributed by atoms with E-state index in [0.717, 1.165) is 0 Å². The summed E-state index contributed by atoms with van der Waals surface area (Å²) in [6.45, 7) is 1.11. The third-order valence-corrected chi connectivity index (χ3v) is 6.65. The molecule has 1 saturated heterocycles. The predicted molar refractivity (Wildman–Crippen MR) is 90.5 cm³/mol. The zero-order valence-corrected chi connectivity index (χ0v) is 14.7. The highest BCUT2D eigenvalue weighted by Gasteiger charge is 2.43. The van der Waals surface area contributed by atoms with Crippen molar-refractivity contribution in [1.82, 2.24) is 9.29 Å². The number of rotatable bonds is 4. The molecule has 10 heteroatoms. The first-order valence-electron chi connectivity index (χ1n) is 7.67. The van der Waals surface area contributed by atoms with Crippen LogP contribution in [0, 0.1) is 0 Å². The van der Waals surface area contributed by atoms with E-state index in [2.05, 4.69) is 10.3 Å². The molecule has 1 atom stereocenters.